The lowest BCUT2D eigenvalue weighted by atomic mass is 9.99. The Balaban J connectivity index is 0.902. The van der Waals surface area contributed by atoms with Gasteiger partial charge < -0.3 is 4.57 Å². The highest BCUT2D eigenvalue weighted by Gasteiger charge is 2.24. The van der Waals surface area contributed by atoms with E-state index in [1.807, 2.05) is 115 Å². The Labute approximate surface area is 460 Å². The fourth-order valence-corrected chi connectivity index (χ4v) is 11.1. The quantitative estimate of drug-likeness (QED) is 0.134. The van der Waals surface area contributed by atoms with E-state index in [0.717, 1.165) is 111 Å². The lowest BCUT2D eigenvalue weighted by molar-refractivity contribution is 0.953. The summed E-state index contributed by atoms with van der Waals surface area (Å²) in [7, 11) is 0. The van der Waals surface area contributed by atoms with E-state index in [1.165, 1.54) is 0 Å². The van der Waals surface area contributed by atoms with E-state index in [2.05, 4.69) is 167 Å². The van der Waals surface area contributed by atoms with Gasteiger partial charge in [-0.1, -0.05) is 224 Å². The molecule has 15 rings (SSSR count). The van der Waals surface area contributed by atoms with Crippen LogP contribution < -0.4 is 0 Å². The van der Waals surface area contributed by atoms with Crippen LogP contribution in [-0.4, -0.2) is 44.0 Å². The maximum Gasteiger partial charge on any atom is 0.238 e. The van der Waals surface area contributed by atoms with Crippen LogP contribution in [0.2, 0.25) is 0 Å². The Hall–Kier alpha value is -11.0. The van der Waals surface area contributed by atoms with Gasteiger partial charge in [0.25, 0.3) is 0 Å². The lowest BCUT2D eigenvalue weighted by Crippen LogP contribution is -2.07. The monoisotopic (exact) mass is 1020 g/mol. The van der Waals surface area contributed by atoms with Crippen molar-refractivity contribution in [3.05, 3.63) is 273 Å². The molecule has 0 spiro atoms. The van der Waals surface area contributed by atoms with Gasteiger partial charge in [-0.15, -0.1) is 0 Å². The number of rotatable bonds is 10. The zero-order chi connectivity index (χ0) is 52.9. The molecular formula is C71H45N9. The second-order valence-electron chi connectivity index (χ2n) is 19.7. The smallest absolute Gasteiger partial charge is 0.238 e. The van der Waals surface area contributed by atoms with Crippen LogP contribution in [0.25, 0.3) is 146 Å². The zero-order valence-electron chi connectivity index (χ0n) is 43.0. The van der Waals surface area contributed by atoms with E-state index in [-0.39, 0.29) is 0 Å². The van der Waals surface area contributed by atoms with E-state index in [0.29, 0.717) is 35.1 Å². The Bertz CT molecular complexity index is 4750. The molecule has 15 aromatic rings. The van der Waals surface area contributed by atoms with Crippen LogP contribution in [0.15, 0.2) is 273 Å². The first-order chi connectivity index (χ1) is 39.6. The van der Waals surface area contributed by atoms with Gasteiger partial charge in [0.15, 0.2) is 29.1 Å². The summed E-state index contributed by atoms with van der Waals surface area (Å²) in [5.41, 5.74) is 15.2. The van der Waals surface area contributed by atoms with Gasteiger partial charge in [-0.2, -0.15) is 9.97 Å². The summed E-state index contributed by atoms with van der Waals surface area (Å²) in [5, 5.41) is 4.49. The molecule has 10 aromatic carbocycles. The van der Waals surface area contributed by atoms with Gasteiger partial charge in [0.1, 0.15) is 0 Å². The van der Waals surface area contributed by atoms with Gasteiger partial charge >= 0.3 is 0 Å². The Kier molecular flexibility index (Phi) is 11.3. The SMILES string of the molecule is c1ccc(-c2cc(-c3ccccc3)nc(-c3cccc(-c4nc(-c5ccccc5)nc(-c5cccc(-c6nc(-c7ccccc7)nc(-n7c8ccccc8c8ccc9c%10ccccc%10n(-c%10ccccc%10)c9c87)n6)c5)n4)c3)c2)cc1. The lowest BCUT2D eigenvalue weighted by Gasteiger charge is -2.14. The van der Waals surface area contributed by atoms with E-state index >= 15 is 0 Å². The summed E-state index contributed by atoms with van der Waals surface area (Å²) < 4.78 is 4.60. The molecule has 0 aliphatic heterocycles. The van der Waals surface area contributed by atoms with Gasteiger partial charge in [-0.25, -0.2) is 24.9 Å². The highest BCUT2D eigenvalue weighted by molar-refractivity contribution is 6.23. The van der Waals surface area contributed by atoms with Crippen LogP contribution in [0.5, 0.6) is 0 Å². The maximum absolute atomic E-state index is 5.46. The third kappa shape index (κ3) is 8.25. The second-order valence-corrected chi connectivity index (χ2v) is 19.7. The predicted octanol–water partition coefficient (Wildman–Crippen LogP) is 17.0. The standard InChI is InChI=1S/C71H45N9/c1-6-22-46(23-7-1)54-44-60(47-24-8-2-9-25-47)72-61(45-54)50-30-20-31-51(42-50)68-73-66(48-26-10-3-11-27-48)74-69(76-68)52-32-21-33-53(43-52)70-75-67(49-28-12-4-13-29-49)77-71(78-70)80-63-39-19-17-37-57(63)59-41-40-58-56-36-16-18-38-62(56)79(64(58)65(59)80)55-34-14-5-15-35-55/h1-45H. The summed E-state index contributed by atoms with van der Waals surface area (Å²) in [6, 6.07) is 93.9. The Morgan fingerprint density at radius 2 is 0.575 bits per heavy atom. The highest BCUT2D eigenvalue weighted by Crippen LogP contribution is 2.42. The van der Waals surface area contributed by atoms with E-state index in [4.69, 9.17) is 34.9 Å². The molecule has 0 atom stereocenters. The van der Waals surface area contributed by atoms with Gasteiger partial charge in [-0.3, -0.25) is 4.57 Å². The van der Waals surface area contributed by atoms with Crippen molar-refractivity contribution in [1.29, 1.82) is 0 Å². The van der Waals surface area contributed by atoms with Gasteiger partial charge in [0.2, 0.25) is 5.95 Å². The molecule has 0 radical (unpaired) electrons. The van der Waals surface area contributed by atoms with Gasteiger partial charge in [0.05, 0.1) is 33.5 Å². The Morgan fingerprint density at radius 3 is 1.11 bits per heavy atom. The molecule has 0 saturated heterocycles. The molecule has 0 amide bonds. The number of aromatic nitrogens is 9. The molecule has 0 saturated carbocycles. The van der Waals surface area contributed by atoms with Crippen LogP contribution in [-0.2, 0) is 0 Å². The normalized spacial score (nSPS) is 11.5. The van der Waals surface area contributed by atoms with Crippen molar-refractivity contribution in [2.75, 3.05) is 0 Å². The minimum absolute atomic E-state index is 0.496. The van der Waals surface area contributed by atoms with Gasteiger partial charge in [0, 0.05) is 66.2 Å². The number of fused-ring (bicyclic) bond motifs is 7. The summed E-state index contributed by atoms with van der Waals surface area (Å²) in [4.78, 5) is 37.0. The van der Waals surface area contributed by atoms with Gasteiger partial charge in [-0.05, 0) is 59.7 Å². The summed E-state index contributed by atoms with van der Waals surface area (Å²) in [6.07, 6.45) is 0. The van der Waals surface area contributed by atoms with Crippen molar-refractivity contribution >= 4 is 43.6 Å². The molecule has 0 fully saturated rings. The molecule has 5 heterocycles. The number of nitrogens with zero attached hydrogens (tertiary/aromatic N) is 9. The molecule has 9 nitrogen and oxygen atoms in total. The second kappa shape index (κ2) is 19.5. The van der Waals surface area contributed by atoms with Crippen molar-refractivity contribution in [2.24, 2.45) is 0 Å². The van der Waals surface area contributed by atoms with Crippen molar-refractivity contribution in [3.63, 3.8) is 0 Å². The van der Waals surface area contributed by atoms with E-state index < -0.39 is 0 Å². The molecular weight excluding hydrogens is 979 g/mol. The van der Waals surface area contributed by atoms with Crippen LogP contribution in [0.4, 0.5) is 0 Å². The first-order valence-corrected chi connectivity index (χ1v) is 26.6. The summed E-state index contributed by atoms with van der Waals surface area (Å²) in [5.74, 6) is 3.14. The van der Waals surface area contributed by atoms with E-state index in [9.17, 15) is 0 Å². The molecule has 0 N–H and O–H groups in total. The van der Waals surface area contributed by atoms with Crippen molar-refractivity contribution in [2.45, 2.75) is 0 Å². The maximum atomic E-state index is 5.46. The predicted molar refractivity (Wildman–Crippen MR) is 323 cm³/mol. The topological polar surface area (TPSA) is 100 Å². The average Bonchev–Trinajstić information content (AvgIpc) is 4.11. The largest absolute Gasteiger partial charge is 0.307 e. The van der Waals surface area contributed by atoms with Crippen LogP contribution in [0.3, 0.4) is 0 Å². The molecule has 80 heavy (non-hydrogen) atoms. The number of hydrogen-bond donors (Lipinski definition) is 0. The minimum atomic E-state index is 0.496. The van der Waals surface area contributed by atoms with Crippen molar-refractivity contribution < 1.29 is 0 Å². The fraction of sp³-hybridized carbons (Fsp3) is 0. The summed E-state index contributed by atoms with van der Waals surface area (Å²) >= 11 is 0. The van der Waals surface area contributed by atoms with Crippen LogP contribution >= 0.6 is 0 Å². The molecule has 0 aliphatic carbocycles. The minimum Gasteiger partial charge on any atom is -0.307 e. The fourth-order valence-electron chi connectivity index (χ4n) is 11.1. The highest BCUT2D eigenvalue weighted by atomic mass is 15.2. The Morgan fingerprint density at radius 1 is 0.212 bits per heavy atom. The van der Waals surface area contributed by atoms with Crippen molar-refractivity contribution in [1.82, 2.24) is 44.0 Å². The average molecular weight is 1020 g/mol. The molecule has 0 unspecified atom stereocenters. The first-order valence-electron chi connectivity index (χ1n) is 26.6. The van der Waals surface area contributed by atoms with E-state index in [1.54, 1.807) is 0 Å². The summed E-state index contributed by atoms with van der Waals surface area (Å²) in [6.45, 7) is 0. The molecule has 5 aromatic heterocycles. The molecule has 0 bridgehead atoms. The number of pyridine rings is 1. The van der Waals surface area contributed by atoms with Crippen LogP contribution in [0, 0.1) is 0 Å². The molecule has 9 heteroatoms. The zero-order valence-corrected chi connectivity index (χ0v) is 43.0. The third-order valence-corrected chi connectivity index (χ3v) is 14.8. The third-order valence-electron chi connectivity index (χ3n) is 14.8. The molecule has 0 aliphatic rings. The van der Waals surface area contributed by atoms with Crippen molar-refractivity contribution in [3.8, 4) is 102 Å². The first kappa shape index (κ1) is 46.3. The van der Waals surface area contributed by atoms with Crippen LogP contribution in [0.1, 0.15) is 0 Å². The molecule has 374 valence electrons. The number of benzene rings is 10. The number of hydrogen-bond acceptors (Lipinski definition) is 7. The number of para-hydroxylation sites is 3.